The topological polar surface area (TPSA) is 29.5 Å². The number of hydrogen-bond acceptors (Lipinski definition) is 3. The first-order chi connectivity index (χ1) is 30.8. The maximum Gasteiger partial charge on any atom is 0.144 e. The second kappa shape index (κ2) is 13.0. The Balaban J connectivity index is 0.974. The summed E-state index contributed by atoms with van der Waals surface area (Å²) in [6.45, 7) is 9.43. The molecule has 0 atom stereocenters. The van der Waals surface area contributed by atoms with Crippen molar-refractivity contribution >= 4 is 60.9 Å². The summed E-state index contributed by atoms with van der Waals surface area (Å²) in [5, 5.41) is 4.27. The quantitative estimate of drug-likeness (QED) is 0.173. The Morgan fingerprint density at radius 1 is 0.349 bits per heavy atom. The molecular formula is C60H43NO2. The lowest BCUT2D eigenvalue weighted by Crippen LogP contribution is -2.18. The lowest BCUT2D eigenvalue weighted by Gasteiger charge is -2.30. The van der Waals surface area contributed by atoms with Gasteiger partial charge in [0.25, 0.3) is 0 Å². The van der Waals surface area contributed by atoms with Crippen molar-refractivity contribution in [1.29, 1.82) is 0 Å². The van der Waals surface area contributed by atoms with Gasteiger partial charge < -0.3 is 13.7 Å². The largest absolute Gasteiger partial charge is 0.456 e. The van der Waals surface area contributed by atoms with Crippen molar-refractivity contribution in [3.8, 4) is 44.5 Å². The highest BCUT2D eigenvalue weighted by Crippen LogP contribution is 2.54. The Bertz CT molecular complexity index is 3570. The summed E-state index contributed by atoms with van der Waals surface area (Å²) in [6.07, 6.45) is 0. The summed E-state index contributed by atoms with van der Waals surface area (Å²) in [5.41, 5.74) is 21.6. The van der Waals surface area contributed by atoms with Gasteiger partial charge in [-0.05, 0) is 104 Å². The van der Waals surface area contributed by atoms with E-state index in [2.05, 4.69) is 209 Å². The number of rotatable bonds is 5. The summed E-state index contributed by atoms with van der Waals surface area (Å²) in [5.74, 6) is 0. The number of anilines is 3. The molecule has 0 unspecified atom stereocenters. The minimum Gasteiger partial charge on any atom is -0.456 e. The van der Waals surface area contributed by atoms with Crippen molar-refractivity contribution in [3.63, 3.8) is 0 Å². The fourth-order valence-electron chi connectivity index (χ4n) is 11.1. The van der Waals surface area contributed by atoms with E-state index in [0.717, 1.165) is 83.2 Å². The first-order valence-electron chi connectivity index (χ1n) is 22.0. The second-order valence-electron chi connectivity index (χ2n) is 18.4. The lowest BCUT2D eigenvalue weighted by atomic mass is 9.82. The van der Waals surface area contributed by atoms with Gasteiger partial charge in [0.15, 0.2) is 0 Å². The molecule has 0 saturated heterocycles. The van der Waals surface area contributed by atoms with E-state index in [1.165, 1.54) is 44.5 Å². The van der Waals surface area contributed by atoms with Crippen LogP contribution >= 0.6 is 0 Å². The van der Waals surface area contributed by atoms with Crippen molar-refractivity contribution in [1.82, 2.24) is 0 Å². The molecule has 0 saturated carbocycles. The van der Waals surface area contributed by atoms with Crippen molar-refractivity contribution in [2.45, 2.75) is 38.5 Å². The number of hydrogen-bond donors (Lipinski definition) is 0. The van der Waals surface area contributed by atoms with Gasteiger partial charge in [0.2, 0.25) is 0 Å². The molecule has 0 N–H and O–H groups in total. The monoisotopic (exact) mass is 809 g/mol. The van der Waals surface area contributed by atoms with Crippen LogP contribution in [0.3, 0.4) is 0 Å². The Labute approximate surface area is 366 Å². The number of para-hydroxylation sites is 2. The van der Waals surface area contributed by atoms with Gasteiger partial charge in [-0.1, -0.05) is 167 Å². The third-order valence-electron chi connectivity index (χ3n) is 14.3. The Hall–Kier alpha value is -7.62. The molecular weight excluding hydrogens is 767 g/mol. The standard InChI is InChI=1S/C60H43NO2/c1-59(2)49-22-11-8-17-42(49)44-31-29-39(33-51(44)59)61(40-30-32-45-43-18-9-12-23-50(43)60(3,4)52(45)34-40)38-27-25-36(26-28-38)41-20-14-21-46-48-35-54-56(47-19-10-13-24-53(47)62-54)55(58(48)63-57(41)46)37-15-6-5-7-16-37/h5-35H,1-4H3. The molecule has 13 rings (SSSR count). The molecule has 0 amide bonds. The Kier molecular flexibility index (Phi) is 7.42. The van der Waals surface area contributed by atoms with Gasteiger partial charge in [-0.15, -0.1) is 0 Å². The molecule has 0 bridgehead atoms. The normalized spacial score (nSPS) is 14.3. The van der Waals surface area contributed by atoms with Crippen LogP contribution in [-0.2, 0) is 10.8 Å². The molecule has 0 radical (unpaired) electrons. The van der Waals surface area contributed by atoms with Crippen LogP contribution in [0.1, 0.15) is 49.9 Å². The molecule has 2 aromatic heterocycles. The van der Waals surface area contributed by atoms with Crippen LogP contribution in [-0.4, -0.2) is 0 Å². The maximum absolute atomic E-state index is 7.09. The third-order valence-corrected chi connectivity index (χ3v) is 14.3. The van der Waals surface area contributed by atoms with Crippen molar-refractivity contribution < 1.29 is 8.83 Å². The molecule has 2 heterocycles. The highest BCUT2D eigenvalue weighted by atomic mass is 16.3. The first kappa shape index (κ1) is 36.1. The first-order valence-corrected chi connectivity index (χ1v) is 22.0. The van der Waals surface area contributed by atoms with Gasteiger partial charge in [0, 0.05) is 60.6 Å². The zero-order valence-electron chi connectivity index (χ0n) is 35.7. The summed E-state index contributed by atoms with van der Waals surface area (Å²) in [4.78, 5) is 2.44. The summed E-state index contributed by atoms with van der Waals surface area (Å²) >= 11 is 0. The van der Waals surface area contributed by atoms with E-state index < -0.39 is 0 Å². The molecule has 300 valence electrons. The molecule has 3 heteroatoms. The molecule has 63 heavy (non-hydrogen) atoms. The SMILES string of the molecule is CC1(C)c2ccccc2-c2ccc(N(c3ccc(-c4cccc5c4oc4c(-c6ccccc6)c6c(cc45)oc4ccccc46)cc3)c3ccc4c(c3)C(C)(C)c3ccccc3-4)cc21. The summed E-state index contributed by atoms with van der Waals surface area (Å²) < 4.78 is 13.6. The molecule has 11 aromatic rings. The van der Waals surface area contributed by atoms with Crippen LogP contribution in [0.15, 0.2) is 197 Å². The third kappa shape index (κ3) is 5.08. The zero-order valence-corrected chi connectivity index (χ0v) is 35.7. The van der Waals surface area contributed by atoms with E-state index in [9.17, 15) is 0 Å². The van der Waals surface area contributed by atoms with E-state index in [4.69, 9.17) is 8.83 Å². The van der Waals surface area contributed by atoms with Crippen molar-refractivity contribution in [3.05, 3.63) is 210 Å². The van der Waals surface area contributed by atoms with E-state index >= 15 is 0 Å². The van der Waals surface area contributed by atoms with Gasteiger partial charge in [-0.25, -0.2) is 0 Å². The van der Waals surface area contributed by atoms with Crippen molar-refractivity contribution in [2.75, 3.05) is 4.90 Å². The molecule has 9 aromatic carbocycles. The minimum atomic E-state index is -0.125. The summed E-state index contributed by atoms with van der Waals surface area (Å²) in [7, 11) is 0. The molecule has 2 aliphatic rings. The van der Waals surface area contributed by atoms with E-state index in [1.54, 1.807) is 0 Å². The zero-order chi connectivity index (χ0) is 42.2. The lowest BCUT2D eigenvalue weighted by molar-refractivity contribution is 0.660. The maximum atomic E-state index is 7.09. The predicted molar refractivity (Wildman–Crippen MR) is 262 cm³/mol. The molecule has 3 nitrogen and oxygen atoms in total. The second-order valence-corrected chi connectivity index (χ2v) is 18.4. The smallest absolute Gasteiger partial charge is 0.144 e. The summed E-state index contributed by atoms with van der Waals surface area (Å²) in [6, 6.07) is 68.4. The molecule has 0 spiro atoms. The minimum absolute atomic E-state index is 0.125. The predicted octanol–water partition coefficient (Wildman–Crippen LogP) is 16.9. The van der Waals surface area contributed by atoms with Crippen molar-refractivity contribution in [2.24, 2.45) is 0 Å². The number of furan rings is 2. The Morgan fingerprint density at radius 3 is 1.56 bits per heavy atom. The van der Waals surface area contributed by atoms with Crippen LogP contribution in [0.5, 0.6) is 0 Å². The Morgan fingerprint density at radius 2 is 0.889 bits per heavy atom. The van der Waals surface area contributed by atoms with Crippen LogP contribution in [0.2, 0.25) is 0 Å². The van der Waals surface area contributed by atoms with E-state index in [1.807, 2.05) is 12.1 Å². The molecule has 0 fully saturated rings. The van der Waals surface area contributed by atoms with Crippen LogP contribution in [0.4, 0.5) is 17.1 Å². The fraction of sp³-hybridized carbons (Fsp3) is 0.100. The van der Waals surface area contributed by atoms with Gasteiger partial charge in [-0.3, -0.25) is 0 Å². The highest BCUT2D eigenvalue weighted by molar-refractivity contribution is 6.24. The average Bonchev–Trinajstić information content (AvgIpc) is 4.01. The molecule has 0 aliphatic heterocycles. The van der Waals surface area contributed by atoms with Gasteiger partial charge in [-0.2, -0.15) is 0 Å². The average molecular weight is 810 g/mol. The number of benzene rings is 9. The van der Waals surface area contributed by atoms with E-state index in [-0.39, 0.29) is 10.8 Å². The van der Waals surface area contributed by atoms with Crippen LogP contribution < -0.4 is 4.90 Å². The highest BCUT2D eigenvalue weighted by Gasteiger charge is 2.38. The van der Waals surface area contributed by atoms with Gasteiger partial charge in [0.05, 0.1) is 0 Å². The fourth-order valence-corrected chi connectivity index (χ4v) is 11.1. The van der Waals surface area contributed by atoms with Crippen LogP contribution in [0, 0.1) is 0 Å². The number of nitrogens with zero attached hydrogens (tertiary/aromatic N) is 1. The van der Waals surface area contributed by atoms with Crippen LogP contribution in [0.25, 0.3) is 88.4 Å². The van der Waals surface area contributed by atoms with Gasteiger partial charge >= 0.3 is 0 Å². The number of fused-ring (bicyclic) bond motifs is 12. The molecule has 2 aliphatic carbocycles. The van der Waals surface area contributed by atoms with E-state index in [0.29, 0.717) is 0 Å². The van der Waals surface area contributed by atoms with Gasteiger partial charge in [0.1, 0.15) is 22.3 Å².